The monoisotopic (exact) mass is 257 g/mol. The van der Waals surface area contributed by atoms with Crippen molar-refractivity contribution in [3.8, 4) is 0 Å². The predicted octanol–water partition coefficient (Wildman–Crippen LogP) is 2.26. The van der Waals surface area contributed by atoms with Gasteiger partial charge in [0.05, 0.1) is 0 Å². The lowest BCUT2D eigenvalue weighted by molar-refractivity contribution is 0.108. The van der Waals surface area contributed by atoms with E-state index >= 15 is 0 Å². The van der Waals surface area contributed by atoms with Crippen LogP contribution in [0.25, 0.3) is 0 Å². The second-order valence-corrected chi connectivity index (χ2v) is 5.50. The van der Waals surface area contributed by atoms with Crippen molar-refractivity contribution in [1.29, 1.82) is 0 Å². The summed E-state index contributed by atoms with van der Waals surface area (Å²) in [6.45, 7) is 13.4. The van der Waals surface area contributed by atoms with Crippen LogP contribution in [-0.4, -0.2) is 38.8 Å². The highest BCUT2D eigenvalue weighted by Gasteiger charge is 2.08. The van der Waals surface area contributed by atoms with Gasteiger partial charge in [0, 0.05) is 32.8 Å². The molecular weight excluding hydrogens is 226 g/mol. The fraction of sp³-hybridized carbons (Fsp3) is 0.929. The Kier molecular flexibility index (Phi) is 9.74. The van der Waals surface area contributed by atoms with E-state index < -0.39 is 0 Å². The maximum atomic E-state index is 5.53. The van der Waals surface area contributed by atoms with Crippen molar-refractivity contribution < 1.29 is 4.74 Å². The van der Waals surface area contributed by atoms with Gasteiger partial charge in [0.1, 0.15) is 0 Å². The minimum absolute atomic E-state index is 0.424. The Hall–Kier alpha value is -0.770. The van der Waals surface area contributed by atoms with Crippen molar-refractivity contribution >= 4 is 5.96 Å². The maximum absolute atomic E-state index is 5.53. The number of hydrogen-bond donors (Lipinski definition) is 2. The summed E-state index contributed by atoms with van der Waals surface area (Å²) in [6.07, 6.45) is 1.00. The van der Waals surface area contributed by atoms with Crippen molar-refractivity contribution in [1.82, 2.24) is 10.6 Å². The van der Waals surface area contributed by atoms with Crippen LogP contribution in [0, 0.1) is 11.8 Å². The number of nitrogens with one attached hydrogen (secondary N) is 2. The van der Waals surface area contributed by atoms with E-state index in [1.807, 2.05) is 0 Å². The highest BCUT2D eigenvalue weighted by atomic mass is 16.5. The van der Waals surface area contributed by atoms with E-state index in [2.05, 4.69) is 50.2 Å². The van der Waals surface area contributed by atoms with Gasteiger partial charge in [-0.2, -0.15) is 0 Å². The molecule has 0 fully saturated rings. The second kappa shape index (κ2) is 10.2. The van der Waals surface area contributed by atoms with Crippen LogP contribution in [0.2, 0.25) is 0 Å². The molecule has 1 unspecified atom stereocenters. The average Bonchev–Trinajstić information content (AvgIpc) is 2.31. The zero-order valence-electron chi connectivity index (χ0n) is 12.9. The third-order valence-electron chi connectivity index (χ3n) is 2.80. The zero-order chi connectivity index (χ0) is 14.0. The molecule has 0 aromatic heterocycles. The van der Waals surface area contributed by atoms with Crippen LogP contribution >= 0.6 is 0 Å². The lowest BCUT2D eigenvalue weighted by Crippen LogP contribution is -2.44. The number of nitrogens with zero attached hydrogens (tertiary/aromatic N) is 1. The molecule has 0 amide bonds. The topological polar surface area (TPSA) is 45.7 Å². The Balaban J connectivity index is 3.63. The second-order valence-electron chi connectivity index (χ2n) is 5.50. The van der Waals surface area contributed by atoms with Crippen molar-refractivity contribution in [2.45, 2.75) is 47.1 Å². The van der Waals surface area contributed by atoms with Crippen LogP contribution in [0.3, 0.4) is 0 Å². The van der Waals surface area contributed by atoms with Gasteiger partial charge < -0.3 is 15.4 Å². The Morgan fingerprint density at radius 3 is 2.33 bits per heavy atom. The van der Waals surface area contributed by atoms with Crippen LogP contribution in [0.4, 0.5) is 0 Å². The van der Waals surface area contributed by atoms with Gasteiger partial charge in [0.2, 0.25) is 0 Å². The summed E-state index contributed by atoms with van der Waals surface area (Å²) in [5, 5.41) is 6.68. The highest BCUT2D eigenvalue weighted by Crippen LogP contribution is 1.99. The molecule has 0 rings (SSSR count). The first-order valence-electron chi connectivity index (χ1n) is 7.02. The van der Waals surface area contributed by atoms with Crippen LogP contribution in [0.15, 0.2) is 4.99 Å². The normalized spacial score (nSPS) is 14.1. The fourth-order valence-corrected chi connectivity index (χ4v) is 1.28. The molecule has 4 heteroatoms. The molecule has 0 aliphatic heterocycles. The number of rotatable bonds is 8. The van der Waals surface area contributed by atoms with Gasteiger partial charge in [-0.1, -0.05) is 27.7 Å². The first kappa shape index (κ1) is 17.2. The molecular formula is C14H31N3O. The van der Waals surface area contributed by atoms with Crippen LogP contribution in [0.5, 0.6) is 0 Å². The van der Waals surface area contributed by atoms with Gasteiger partial charge in [0.15, 0.2) is 5.96 Å². The molecule has 0 aromatic carbocycles. The molecule has 0 spiro atoms. The summed E-state index contributed by atoms with van der Waals surface area (Å²) in [6, 6.07) is 0.424. The van der Waals surface area contributed by atoms with Crippen molar-refractivity contribution in [2.75, 3.05) is 26.8 Å². The Labute approximate surface area is 113 Å². The molecule has 0 aliphatic rings. The van der Waals surface area contributed by atoms with E-state index in [4.69, 9.17) is 4.74 Å². The van der Waals surface area contributed by atoms with E-state index in [9.17, 15) is 0 Å². The quantitative estimate of drug-likeness (QED) is 0.398. The molecule has 18 heavy (non-hydrogen) atoms. The number of ether oxygens (including phenoxy) is 1. The molecule has 0 saturated carbocycles. The van der Waals surface area contributed by atoms with E-state index in [1.165, 1.54) is 0 Å². The largest absolute Gasteiger partial charge is 0.381 e. The first-order chi connectivity index (χ1) is 8.47. The molecule has 4 nitrogen and oxygen atoms in total. The third kappa shape index (κ3) is 9.28. The van der Waals surface area contributed by atoms with E-state index in [1.54, 1.807) is 7.05 Å². The molecule has 108 valence electrons. The Morgan fingerprint density at radius 1 is 1.17 bits per heavy atom. The third-order valence-corrected chi connectivity index (χ3v) is 2.80. The van der Waals surface area contributed by atoms with Crippen LogP contribution in [0.1, 0.15) is 41.0 Å². The standard InChI is InChI=1S/C14H31N3O/c1-11(2)10-18-9-7-8-16-14(15-6)17-13(5)12(3)4/h11-13H,7-10H2,1-6H3,(H2,15,16,17). The van der Waals surface area contributed by atoms with Gasteiger partial charge in [0.25, 0.3) is 0 Å². The minimum atomic E-state index is 0.424. The Bertz CT molecular complexity index is 227. The van der Waals surface area contributed by atoms with Crippen molar-refractivity contribution in [2.24, 2.45) is 16.8 Å². The fourth-order valence-electron chi connectivity index (χ4n) is 1.28. The van der Waals surface area contributed by atoms with Gasteiger partial charge in [-0.05, 0) is 25.2 Å². The zero-order valence-corrected chi connectivity index (χ0v) is 12.9. The molecule has 0 saturated heterocycles. The van der Waals surface area contributed by atoms with Gasteiger partial charge in [-0.3, -0.25) is 4.99 Å². The summed E-state index contributed by atoms with van der Waals surface area (Å²) >= 11 is 0. The SMILES string of the molecule is CN=C(NCCCOCC(C)C)NC(C)C(C)C. The average molecular weight is 257 g/mol. The smallest absolute Gasteiger partial charge is 0.191 e. The molecule has 0 heterocycles. The lowest BCUT2D eigenvalue weighted by Gasteiger charge is -2.20. The first-order valence-corrected chi connectivity index (χ1v) is 7.02. The summed E-state index contributed by atoms with van der Waals surface area (Å²) in [4.78, 5) is 4.21. The molecule has 0 aliphatic carbocycles. The minimum Gasteiger partial charge on any atom is -0.381 e. The summed E-state index contributed by atoms with van der Waals surface area (Å²) < 4.78 is 5.53. The summed E-state index contributed by atoms with van der Waals surface area (Å²) in [5.74, 6) is 2.08. The van der Waals surface area contributed by atoms with Crippen LogP contribution in [-0.2, 0) is 4.74 Å². The van der Waals surface area contributed by atoms with Crippen molar-refractivity contribution in [3.63, 3.8) is 0 Å². The maximum Gasteiger partial charge on any atom is 0.191 e. The van der Waals surface area contributed by atoms with E-state index in [0.717, 1.165) is 32.1 Å². The molecule has 0 bridgehead atoms. The highest BCUT2D eigenvalue weighted by molar-refractivity contribution is 5.79. The van der Waals surface area contributed by atoms with E-state index in [-0.39, 0.29) is 0 Å². The predicted molar refractivity (Wildman–Crippen MR) is 79.1 cm³/mol. The molecule has 2 N–H and O–H groups in total. The number of aliphatic imine (C=N–C) groups is 1. The summed E-state index contributed by atoms with van der Waals surface area (Å²) in [5.41, 5.74) is 0. The van der Waals surface area contributed by atoms with Crippen LogP contribution < -0.4 is 10.6 Å². The van der Waals surface area contributed by atoms with Gasteiger partial charge >= 0.3 is 0 Å². The number of hydrogen-bond acceptors (Lipinski definition) is 2. The molecule has 0 aromatic rings. The van der Waals surface area contributed by atoms with Gasteiger partial charge in [-0.25, -0.2) is 0 Å². The number of guanidine groups is 1. The lowest BCUT2D eigenvalue weighted by atomic mass is 10.1. The summed E-state index contributed by atoms with van der Waals surface area (Å²) in [7, 11) is 1.80. The van der Waals surface area contributed by atoms with Gasteiger partial charge in [-0.15, -0.1) is 0 Å². The molecule has 1 atom stereocenters. The van der Waals surface area contributed by atoms with E-state index in [0.29, 0.717) is 17.9 Å². The molecule has 0 radical (unpaired) electrons. The Morgan fingerprint density at radius 2 is 1.83 bits per heavy atom. The van der Waals surface area contributed by atoms with Crippen molar-refractivity contribution in [3.05, 3.63) is 0 Å².